The fourth-order valence-electron chi connectivity index (χ4n) is 2.64. The molecule has 0 saturated carbocycles. The summed E-state index contributed by atoms with van der Waals surface area (Å²) in [5.74, 6) is 1.09. The van der Waals surface area contributed by atoms with Crippen molar-refractivity contribution in [2.75, 3.05) is 38.0 Å². The second kappa shape index (κ2) is 8.96. The third-order valence-corrected chi connectivity index (χ3v) is 4.65. The first kappa shape index (κ1) is 21.3. The summed E-state index contributed by atoms with van der Waals surface area (Å²) >= 11 is 0. The average Bonchev–Trinajstić information content (AvgIpc) is 2.73. The van der Waals surface area contributed by atoms with Crippen molar-refractivity contribution in [3.63, 3.8) is 0 Å². The lowest BCUT2D eigenvalue weighted by molar-refractivity contribution is 0.0257. The first-order valence-corrected chi connectivity index (χ1v) is 9.57. The molecule has 0 aliphatic heterocycles. The number of methoxy groups -OCH3 is 1. The molecule has 0 atom stereocenters. The topological polar surface area (TPSA) is 88.6 Å². The molecule has 0 bridgehead atoms. The summed E-state index contributed by atoms with van der Waals surface area (Å²) < 4.78 is 11.2. The molecular weight excluding hydrogens is 382 g/mol. The van der Waals surface area contributed by atoms with Crippen LogP contribution in [-0.2, 0) is 4.74 Å². The molecule has 8 nitrogen and oxygen atoms in total. The molecule has 0 unspecified atom stereocenters. The molecule has 0 aliphatic rings. The summed E-state index contributed by atoms with van der Waals surface area (Å²) in [4.78, 5) is 22.7. The predicted octanol–water partition coefficient (Wildman–Crippen LogP) is 4.03. The summed E-state index contributed by atoms with van der Waals surface area (Å²) in [6, 6.07) is 12.7. The van der Waals surface area contributed by atoms with E-state index in [1.165, 1.54) is 6.33 Å². The number of fused-ring (bicyclic) bond motifs is 1. The van der Waals surface area contributed by atoms with Gasteiger partial charge in [0.2, 0.25) is 5.88 Å². The Morgan fingerprint density at radius 2 is 1.83 bits per heavy atom. The number of nitrogens with one attached hydrogen (secondary N) is 2. The zero-order valence-corrected chi connectivity index (χ0v) is 17.9. The number of anilines is 2. The first-order valence-electron chi connectivity index (χ1n) is 9.57. The van der Waals surface area contributed by atoms with Gasteiger partial charge in [0, 0.05) is 39.1 Å². The molecular formula is C22H27N5O3. The van der Waals surface area contributed by atoms with Crippen molar-refractivity contribution in [1.29, 1.82) is 0 Å². The van der Waals surface area contributed by atoms with Crippen LogP contribution in [0.15, 0.2) is 48.8 Å². The standard InChI is InChI=1S/C22H27N5O3/c1-22(2,29-5)13-23-21(28)26-15-6-9-17(10-7-15)30-20-18-11-8-16(27(3)4)12-19(18)24-14-25-20/h6-12,14H,13H2,1-5H3,(H2,23,26,28). The van der Waals surface area contributed by atoms with Gasteiger partial charge in [0.25, 0.3) is 0 Å². The zero-order valence-electron chi connectivity index (χ0n) is 17.9. The second-order valence-corrected chi connectivity index (χ2v) is 7.67. The molecule has 0 saturated heterocycles. The van der Waals surface area contributed by atoms with Crippen molar-refractivity contribution in [1.82, 2.24) is 15.3 Å². The van der Waals surface area contributed by atoms with E-state index in [1.807, 2.05) is 51.0 Å². The SMILES string of the molecule is COC(C)(C)CNC(=O)Nc1ccc(Oc2ncnc3cc(N(C)C)ccc23)cc1. The van der Waals surface area contributed by atoms with Crippen LogP contribution in [0.25, 0.3) is 10.9 Å². The van der Waals surface area contributed by atoms with Crippen LogP contribution in [0, 0.1) is 0 Å². The highest BCUT2D eigenvalue weighted by Gasteiger charge is 2.17. The molecule has 0 aliphatic carbocycles. The van der Waals surface area contributed by atoms with Crippen molar-refractivity contribution >= 4 is 28.3 Å². The Labute approximate surface area is 176 Å². The average molecular weight is 409 g/mol. The van der Waals surface area contributed by atoms with Gasteiger partial charge >= 0.3 is 6.03 Å². The number of nitrogens with zero attached hydrogens (tertiary/aromatic N) is 3. The van der Waals surface area contributed by atoms with Crippen LogP contribution >= 0.6 is 0 Å². The molecule has 1 aromatic heterocycles. The number of urea groups is 1. The van der Waals surface area contributed by atoms with Crippen LogP contribution < -0.4 is 20.3 Å². The van der Waals surface area contributed by atoms with Crippen molar-refractivity contribution in [3.05, 3.63) is 48.8 Å². The molecule has 2 aromatic carbocycles. The fraction of sp³-hybridized carbons (Fsp3) is 0.318. The lowest BCUT2D eigenvalue weighted by Gasteiger charge is -2.23. The summed E-state index contributed by atoms with van der Waals surface area (Å²) in [6.07, 6.45) is 1.48. The molecule has 0 spiro atoms. The molecule has 3 aromatic rings. The Kier molecular flexibility index (Phi) is 6.37. The van der Waals surface area contributed by atoms with Gasteiger partial charge in [0.05, 0.1) is 16.5 Å². The minimum absolute atomic E-state index is 0.299. The van der Waals surface area contributed by atoms with Crippen LogP contribution in [0.5, 0.6) is 11.6 Å². The Balaban J connectivity index is 1.67. The van der Waals surface area contributed by atoms with Crippen LogP contribution in [0.1, 0.15) is 13.8 Å². The number of carbonyl (C=O) groups excluding carboxylic acids is 1. The first-order chi connectivity index (χ1) is 14.3. The molecule has 158 valence electrons. The quantitative estimate of drug-likeness (QED) is 0.612. The highest BCUT2D eigenvalue weighted by atomic mass is 16.5. The Hall–Kier alpha value is -3.39. The molecule has 0 fully saturated rings. The number of carbonyl (C=O) groups is 1. The number of hydrogen-bond donors (Lipinski definition) is 2. The fourth-order valence-corrected chi connectivity index (χ4v) is 2.64. The monoisotopic (exact) mass is 409 g/mol. The van der Waals surface area contributed by atoms with Gasteiger partial charge in [-0.05, 0) is 56.3 Å². The predicted molar refractivity (Wildman–Crippen MR) is 118 cm³/mol. The second-order valence-electron chi connectivity index (χ2n) is 7.67. The number of amides is 2. The number of ether oxygens (including phenoxy) is 2. The van der Waals surface area contributed by atoms with E-state index in [0.29, 0.717) is 23.9 Å². The minimum Gasteiger partial charge on any atom is -0.438 e. The number of hydrogen-bond acceptors (Lipinski definition) is 6. The normalized spacial score (nSPS) is 11.2. The minimum atomic E-state index is -0.428. The molecule has 2 amide bonds. The summed E-state index contributed by atoms with van der Waals surface area (Å²) in [5, 5.41) is 6.39. The third kappa shape index (κ3) is 5.36. The van der Waals surface area contributed by atoms with E-state index in [0.717, 1.165) is 16.6 Å². The van der Waals surface area contributed by atoms with Crippen molar-refractivity contribution in [3.8, 4) is 11.6 Å². The Bertz CT molecular complexity index is 1020. The van der Waals surface area contributed by atoms with Crippen molar-refractivity contribution in [2.24, 2.45) is 0 Å². The van der Waals surface area contributed by atoms with E-state index in [4.69, 9.17) is 9.47 Å². The highest BCUT2D eigenvalue weighted by molar-refractivity contribution is 5.89. The number of rotatable bonds is 7. The number of aromatic nitrogens is 2. The van der Waals surface area contributed by atoms with E-state index in [9.17, 15) is 4.79 Å². The van der Waals surface area contributed by atoms with Gasteiger partial charge in [-0.25, -0.2) is 14.8 Å². The molecule has 0 radical (unpaired) electrons. The van der Waals surface area contributed by atoms with Crippen molar-refractivity contribution in [2.45, 2.75) is 19.4 Å². The Morgan fingerprint density at radius 3 is 2.50 bits per heavy atom. The molecule has 1 heterocycles. The lowest BCUT2D eigenvalue weighted by atomic mass is 10.1. The van der Waals surface area contributed by atoms with Crippen molar-refractivity contribution < 1.29 is 14.3 Å². The summed E-state index contributed by atoms with van der Waals surface area (Å²) in [6.45, 7) is 4.20. The Morgan fingerprint density at radius 1 is 1.10 bits per heavy atom. The summed E-state index contributed by atoms with van der Waals surface area (Å²) in [5.41, 5.74) is 2.08. The van der Waals surface area contributed by atoms with Gasteiger partial charge in [0.15, 0.2) is 0 Å². The molecule has 30 heavy (non-hydrogen) atoms. The zero-order chi connectivity index (χ0) is 21.7. The maximum atomic E-state index is 12.0. The maximum Gasteiger partial charge on any atom is 0.319 e. The van der Waals surface area contributed by atoms with Gasteiger partial charge in [-0.15, -0.1) is 0 Å². The number of benzene rings is 2. The molecule has 8 heteroatoms. The smallest absolute Gasteiger partial charge is 0.319 e. The van der Waals surface area contributed by atoms with Gasteiger partial charge in [-0.2, -0.15) is 0 Å². The molecule has 3 rings (SSSR count). The summed E-state index contributed by atoms with van der Waals surface area (Å²) in [7, 11) is 5.57. The molecule has 2 N–H and O–H groups in total. The lowest BCUT2D eigenvalue weighted by Crippen LogP contribution is -2.41. The highest BCUT2D eigenvalue weighted by Crippen LogP contribution is 2.29. The van der Waals surface area contributed by atoms with Crippen LogP contribution in [0.2, 0.25) is 0 Å². The van der Waals surface area contributed by atoms with Gasteiger partial charge in [-0.3, -0.25) is 0 Å². The van der Waals surface area contributed by atoms with Gasteiger partial charge in [0.1, 0.15) is 12.1 Å². The van der Waals surface area contributed by atoms with Gasteiger partial charge in [-0.1, -0.05) is 0 Å². The van der Waals surface area contributed by atoms with Crippen LogP contribution in [0.4, 0.5) is 16.2 Å². The van der Waals surface area contributed by atoms with E-state index in [-0.39, 0.29) is 6.03 Å². The maximum absolute atomic E-state index is 12.0. The largest absolute Gasteiger partial charge is 0.438 e. The van der Waals surface area contributed by atoms with E-state index in [1.54, 1.807) is 31.4 Å². The van der Waals surface area contributed by atoms with E-state index in [2.05, 4.69) is 20.6 Å². The van der Waals surface area contributed by atoms with E-state index >= 15 is 0 Å². The van der Waals surface area contributed by atoms with Crippen LogP contribution in [0.3, 0.4) is 0 Å². The van der Waals surface area contributed by atoms with Crippen LogP contribution in [-0.4, -0.2) is 49.4 Å². The van der Waals surface area contributed by atoms with E-state index < -0.39 is 5.60 Å². The third-order valence-electron chi connectivity index (χ3n) is 4.65. The van der Waals surface area contributed by atoms with Gasteiger partial charge < -0.3 is 25.0 Å².